The average molecular weight is 927 g/mol. The maximum Gasteiger partial charge on any atom is 0.262 e. The number of hydrogen-bond donors (Lipinski definition) is 0. The van der Waals surface area contributed by atoms with Crippen LogP contribution in [-0.4, -0.2) is 59.7 Å². The molecule has 6 aromatic carbocycles. The van der Waals surface area contributed by atoms with Gasteiger partial charge in [0.1, 0.15) is 23.6 Å². The molecule has 0 unspecified atom stereocenters. The van der Waals surface area contributed by atoms with Gasteiger partial charge in [-0.05, 0) is 95.1 Å². The zero-order valence-corrected chi connectivity index (χ0v) is 35.7. The van der Waals surface area contributed by atoms with Crippen molar-refractivity contribution in [3.05, 3.63) is 189 Å². The van der Waals surface area contributed by atoms with Gasteiger partial charge in [0.25, 0.3) is 23.6 Å². The van der Waals surface area contributed by atoms with Gasteiger partial charge in [0, 0.05) is 20.3 Å². The standard InChI is InChI=1S/2C24H19BrN2O3/c2*1-30-20-13-7-17(8-14-20)24-21(27(24)19-11-9-18(25)10-12-19)22(28)26(23(24)29)15-16-5-3-2-4-6-16/h2*2-14,21H,15H2,1H3/t2*21-,24-,27?/m10/s1. The monoisotopic (exact) mass is 924 g/mol. The summed E-state index contributed by atoms with van der Waals surface area (Å²) in [5, 5.41) is 0. The van der Waals surface area contributed by atoms with Crippen molar-refractivity contribution in [1.29, 1.82) is 0 Å². The molecular weight excluding hydrogens is 888 g/mol. The normalized spacial score (nSPS) is 22.3. The molecular formula is C48H38Br2N4O6. The van der Waals surface area contributed by atoms with E-state index in [2.05, 4.69) is 31.9 Å². The van der Waals surface area contributed by atoms with E-state index >= 15 is 0 Å². The van der Waals surface area contributed by atoms with E-state index in [0.717, 1.165) is 42.6 Å². The lowest BCUT2D eigenvalue weighted by Crippen LogP contribution is -2.41. The topological polar surface area (TPSA) is 99.2 Å². The summed E-state index contributed by atoms with van der Waals surface area (Å²) >= 11 is 6.89. The number of fused-ring (bicyclic) bond motifs is 2. The highest BCUT2D eigenvalue weighted by Gasteiger charge is 2.80. The molecule has 10 nitrogen and oxygen atoms in total. The number of halogens is 2. The van der Waals surface area contributed by atoms with Gasteiger partial charge in [-0.25, -0.2) is 0 Å². The van der Waals surface area contributed by atoms with E-state index in [-0.39, 0.29) is 36.7 Å². The first kappa shape index (κ1) is 39.2. The highest BCUT2D eigenvalue weighted by atomic mass is 79.9. The number of likely N-dealkylation sites (tertiary alicyclic amines) is 2. The van der Waals surface area contributed by atoms with Gasteiger partial charge in [-0.3, -0.25) is 29.0 Å². The summed E-state index contributed by atoms with van der Waals surface area (Å²) < 4.78 is 12.4. The summed E-state index contributed by atoms with van der Waals surface area (Å²) in [6.45, 7) is 0.558. The van der Waals surface area contributed by atoms with Crippen LogP contribution in [0.2, 0.25) is 0 Å². The fourth-order valence-corrected chi connectivity index (χ4v) is 9.31. The van der Waals surface area contributed by atoms with Gasteiger partial charge in [0.2, 0.25) is 0 Å². The third kappa shape index (κ3) is 6.28. The van der Waals surface area contributed by atoms with Crippen molar-refractivity contribution in [1.82, 2.24) is 9.80 Å². The number of carbonyl (C=O) groups is 4. The van der Waals surface area contributed by atoms with Crippen molar-refractivity contribution in [3.63, 3.8) is 0 Å². The molecule has 0 N–H and O–H groups in total. The molecule has 0 spiro atoms. The van der Waals surface area contributed by atoms with Crippen LogP contribution >= 0.6 is 31.9 Å². The highest BCUT2D eigenvalue weighted by Crippen LogP contribution is 2.60. The van der Waals surface area contributed by atoms with Crippen LogP contribution in [0, 0.1) is 0 Å². The number of benzene rings is 6. The quantitative estimate of drug-likeness (QED) is 0.100. The van der Waals surface area contributed by atoms with E-state index in [1.807, 2.05) is 168 Å². The molecule has 60 heavy (non-hydrogen) atoms. The molecule has 6 aromatic rings. The van der Waals surface area contributed by atoms with Gasteiger partial charge in [0.05, 0.1) is 27.3 Å². The van der Waals surface area contributed by atoms with Gasteiger partial charge in [-0.1, -0.05) is 117 Å². The van der Waals surface area contributed by atoms with Crippen LogP contribution in [0.3, 0.4) is 0 Å². The Kier molecular flexibility index (Phi) is 10.1. The lowest BCUT2D eigenvalue weighted by atomic mass is 9.96. The van der Waals surface area contributed by atoms with Crippen LogP contribution < -0.4 is 19.3 Å². The molecule has 0 aromatic heterocycles. The number of hydrogen-bond acceptors (Lipinski definition) is 8. The summed E-state index contributed by atoms with van der Waals surface area (Å²) in [6, 6.07) is 48.3. The first-order valence-corrected chi connectivity index (χ1v) is 20.9. The Hall–Kier alpha value is -6.24. The predicted octanol–water partition coefficient (Wildman–Crippen LogP) is 8.22. The maximum atomic E-state index is 13.7. The minimum absolute atomic E-state index is 0.164. The fraction of sp³-hybridized carbons (Fsp3) is 0.167. The second kappa shape index (κ2) is 15.4. The SMILES string of the molecule is COc1ccc([C@@]23C(=O)N(Cc4ccccc4)C(=O)[C@@H]2N3c2ccc(Br)cc2)cc1.COc1ccc([C@]23C(=O)N(Cc4ccccc4)C(=O)[C@H]2N3c2ccc(Br)cc2)cc1. The summed E-state index contributed by atoms with van der Waals surface area (Å²) in [5.41, 5.74) is 3.13. The summed E-state index contributed by atoms with van der Waals surface area (Å²) in [5.74, 6) is 0.718. The van der Waals surface area contributed by atoms with Crippen molar-refractivity contribution in [2.45, 2.75) is 36.3 Å². The first-order chi connectivity index (χ1) is 29.1. The van der Waals surface area contributed by atoms with E-state index in [0.29, 0.717) is 11.5 Å². The van der Waals surface area contributed by atoms with Crippen LogP contribution in [0.4, 0.5) is 11.4 Å². The zero-order chi connectivity index (χ0) is 41.8. The van der Waals surface area contributed by atoms with Crippen LogP contribution in [0.5, 0.6) is 11.5 Å². The molecule has 10 rings (SSSR count). The predicted molar refractivity (Wildman–Crippen MR) is 234 cm³/mol. The molecule has 0 aliphatic carbocycles. The van der Waals surface area contributed by atoms with Crippen molar-refractivity contribution in [3.8, 4) is 11.5 Å². The van der Waals surface area contributed by atoms with E-state index in [4.69, 9.17) is 9.47 Å². The molecule has 0 bridgehead atoms. The molecule has 4 heterocycles. The molecule has 4 atom stereocenters. The van der Waals surface area contributed by atoms with Crippen molar-refractivity contribution in [2.75, 3.05) is 24.0 Å². The molecule has 0 radical (unpaired) electrons. The zero-order valence-electron chi connectivity index (χ0n) is 32.6. The Bertz CT molecular complexity index is 2410. The highest BCUT2D eigenvalue weighted by molar-refractivity contribution is 9.10. The minimum atomic E-state index is -1.01. The second-order valence-corrected chi connectivity index (χ2v) is 16.7. The lowest BCUT2D eigenvalue weighted by molar-refractivity contribution is -0.143. The largest absolute Gasteiger partial charge is 0.497 e. The second-order valence-electron chi connectivity index (χ2n) is 14.9. The Labute approximate surface area is 364 Å². The molecule has 300 valence electrons. The number of carbonyl (C=O) groups excluding carboxylic acids is 4. The Balaban J connectivity index is 0.000000154. The van der Waals surface area contributed by atoms with Gasteiger partial charge in [0.15, 0.2) is 11.1 Å². The van der Waals surface area contributed by atoms with E-state index in [1.54, 1.807) is 14.2 Å². The van der Waals surface area contributed by atoms with Crippen molar-refractivity contribution in [2.24, 2.45) is 0 Å². The lowest BCUT2D eigenvalue weighted by Gasteiger charge is -2.24. The van der Waals surface area contributed by atoms with Gasteiger partial charge >= 0.3 is 0 Å². The van der Waals surface area contributed by atoms with E-state index in [1.165, 1.54) is 9.80 Å². The molecule has 12 heteroatoms. The number of nitrogens with zero attached hydrogens (tertiary/aromatic N) is 4. The summed E-state index contributed by atoms with van der Waals surface area (Å²) in [7, 11) is 3.21. The molecule has 4 fully saturated rings. The number of methoxy groups -OCH3 is 2. The van der Waals surface area contributed by atoms with Gasteiger partial charge < -0.3 is 19.3 Å². The molecule has 4 amide bonds. The number of piperazine rings is 2. The van der Waals surface area contributed by atoms with Gasteiger partial charge in [-0.2, -0.15) is 0 Å². The van der Waals surface area contributed by atoms with Gasteiger partial charge in [-0.15, -0.1) is 0 Å². The Morgan fingerprint density at radius 1 is 0.467 bits per heavy atom. The Morgan fingerprint density at radius 2 is 0.800 bits per heavy atom. The average Bonchev–Trinajstić information content (AvgIpc) is 4.15. The third-order valence-corrected chi connectivity index (χ3v) is 12.8. The van der Waals surface area contributed by atoms with Crippen LogP contribution in [0.15, 0.2) is 167 Å². The number of amides is 4. The van der Waals surface area contributed by atoms with Crippen LogP contribution in [0.25, 0.3) is 0 Å². The minimum Gasteiger partial charge on any atom is -0.497 e. The summed E-state index contributed by atoms with van der Waals surface area (Å²) in [6.07, 6.45) is 0. The summed E-state index contributed by atoms with van der Waals surface area (Å²) in [4.78, 5) is 60.7. The first-order valence-electron chi connectivity index (χ1n) is 19.3. The van der Waals surface area contributed by atoms with Crippen LogP contribution in [0.1, 0.15) is 22.3 Å². The smallest absolute Gasteiger partial charge is 0.262 e. The molecule has 4 aliphatic heterocycles. The van der Waals surface area contributed by atoms with Crippen molar-refractivity contribution < 1.29 is 28.7 Å². The molecule has 4 saturated heterocycles. The van der Waals surface area contributed by atoms with Crippen LogP contribution in [-0.2, 0) is 43.3 Å². The number of imide groups is 2. The van der Waals surface area contributed by atoms with E-state index in [9.17, 15) is 19.2 Å². The van der Waals surface area contributed by atoms with Crippen molar-refractivity contribution >= 4 is 66.9 Å². The molecule has 4 aliphatic rings. The number of rotatable bonds is 10. The Morgan fingerprint density at radius 3 is 1.12 bits per heavy atom. The third-order valence-electron chi connectivity index (χ3n) is 11.7. The number of ether oxygens (including phenoxy) is 2. The number of anilines is 2. The molecule has 0 saturated carbocycles. The fourth-order valence-electron chi connectivity index (χ4n) is 8.78. The maximum absolute atomic E-state index is 13.7. The van der Waals surface area contributed by atoms with E-state index < -0.39 is 23.2 Å².